The molecule has 0 fully saturated rings. The van der Waals surface area contributed by atoms with Crippen LogP contribution in [0.2, 0.25) is 0 Å². The van der Waals surface area contributed by atoms with E-state index in [4.69, 9.17) is 11.5 Å². The molecule has 5 heteroatoms. The minimum Gasteiger partial charge on any atom is -0.399 e. The summed E-state index contributed by atoms with van der Waals surface area (Å²) in [5.41, 5.74) is 12.5. The fraction of sp³-hybridized carbons (Fsp3) is 0.429. The van der Waals surface area contributed by atoms with Crippen molar-refractivity contribution < 1.29 is 9.59 Å². The van der Waals surface area contributed by atoms with Gasteiger partial charge < -0.3 is 16.8 Å². The zero-order chi connectivity index (χ0) is 14.1. The Kier molecular flexibility index (Phi) is 6.43. The predicted octanol–water partition coefficient (Wildman–Crippen LogP) is 0.973. The number of benzene rings is 1. The molecule has 0 atom stereocenters. The lowest BCUT2D eigenvalue weighted by Crippen LogP contribution is -2.25. The van der Waals surface area contributed by atoms with Crippen LogP contribution < -0.4 is 16.8 Å². The minimum atomic E-state index is -0.300. The SMILES string of the molecule is NC(=O)CCCCNC(=O)CCc1ccccc1N. The van der Waals surface area contributed by atoms with Crippen LogP contribution in [-0.4, -0.2) is 18.4 Å². The van der Waals surface area contributed by atoms with Crippen LogP contribution in [0.25, 0.3) is 0 Å². The Hall–Kier alpha value is -2.04. The highest BCUT2D eigenvalue weighted by atomic mass is 16.1. The van der Waals surface area contributed by atoms with E-state index in [-0.39, 0.29) is 11.8 Å². The molecule has 1 aromatic rings. The van der Waals surface area contributed by atoms with Gasteiger partial charge in [-0.25, -0.2) is 0 Å². The monoisotopic (exact) mass is 263 g/mol. The number of aryl methyl sites for hydroxylation is 1. The normalized spacial score (nSPS) is 10.1. The van der Waals surface area contributed by atoms with Crippen LogP contribution in [0.5, 0.6) is 0 Å². The molecule has 19 heavy (non-hydrogen) atoms. The van der Waals surface area contributed by atoms with Crippen LogP contribution in [0.3, 0.4) is 0 Å². The van der Waals surface area contributed by atoms with Crippen molar-refractivity contribution in [1.82, 2.24) is 5.32 Å². The highest BCUT2D eigenvalue weighted by Crippen LogP contribution is 2.12. The summed E-state index contributed by atoms with van der Waals surface area (Å²) in [7, 11) is 0. The second-order valence-corrected chi connectivity index (χ2v) is 4.47. The lowest BCUT2D eigenvalue weighted by molar-refractivity contribution is -0.121. The molecule has 2 amide bonds. The average Bonchev–Trinajstić information content (AvgIpc) is 2.37. The van der Waals surface area contributed by atoms with E-state index in [0.29, 0.717) is 32.2 Å². The van der Waals surface area contributed by atoms with Crippen LogP contribution >= 0.6 is 0 Å². The molecule has 0 saturated carbocycles. The number of para-hydroxylation sites is 1. The zero-order valence-corrected chi connectivity index (χ0v) is 11.0. The van der Waals surface area contributed by atoms with Gasteiger partial charge in [0.25, 0.3) is 0 Å². The number of nitrogens with one attached hydrogen (secondary N) is 1. The summed E-state index contributed by atoms with van der Waals surface area (Å²) in [6.07, 6.45) is 2.91. The first kappa shape index (κ1) is 15.0. The molecule has 0 radical (unpaired) electrons. The molecule has 5 nitrogen and oxygen atoms in total. The molecule has 0 aromatic heterocycles. The number of hydrogen-bond acceptors (Lipinski definition) is 3. The number of unbranched alkanes of at least 4 members (excludes halogenated alkanes) is 1. The highest BCUT2D eigenvalue weighted by Gasteiger charge is 2.04. The number of nitrogens with two attached hydrogens (primary N) is 2. The Morgan fingerprint density at radius 3 is 2.53 bits per heavy atom. The first-order valence-corrected chi connectivity index (χ1v) is 6.48. The van der Waals surface area contributed by atoms with Crippen molar-refractivity contribution in [2.24, 2.45) is 5.73 Å². The van der Waals surface area contributed by atoms with Gasteiger partial charge in [0.15, 0.2) is 0 Å². The molecular formula is C14H21N3O2. The van der Waals surface area contributed by atoms with Gasteiger partial charge in [0.05, 0.1) is 0 Å². The highest BCUT2D eigenvalue weighted by molar-refractivity contribution is 5.76. The third kappa shape index (κ3) is 6.45. The summed E-state index contributed by atoms with van der Waals surface area (Å²) in [6, 6.07) is 7.54. The van der Waals surface area contributed by atoms with Gasteiger partial charge in [-0.05, 0) is 30.9 Å². The standard InChI is InChI=1S/C14H21N3O2/c15-12-6-2-1-5-11(12)8-9-14(19)17-10-4-3-7-13(16)18/h1-2,5-6H,3-4,7-10,15H2,(H2,16,18)(H,17,19). The van der Waals surface area contributed by atoms with Crippen molar-refractivity contribution in [1.29, 1.82) is 0 Å². The minimum absolute atomic E-state index is 0.00216. The molecule has 5 N–H and O–H groups in total. The van der Waals surface area contributed by atoms with E-state index < -0.39 is 0 Å². The van der Waals surface area contributed by atoms with Gasteiger partial charge in [-0.2, -0.15) is 0 Å². The molecule has 0 aliphatic carbocycles. The number of primary amides is 1. The van der Waals surface area contributed by atoms with Crippen LogP contribution in [0.1, 0.15) is 31.2 Å². The Morgan fingerprint density at radius 2 is 1.84 bits per heavy atom. The number of anilines is 1. The molecule has 0 unspecified atom stereocenters. The Balaban J connectivity index is 2.15. The van der Waals surface area contributed by atoms with E-state index in [0.717, 1.165) is 17.7 Å². The number of carbonyl (C=O) groups is 2. The molecule has 0 aliphatic heterocycles. The Bertz CT molecular complexity index is 432. The summed E-state index contributed by atoms with van der Waals surface area (Å²) in [5.74, 6) is -0.298. The van der Waals surface area contributed by atoms with Crippen LogP contribution in [-0.2, 0) is 16.0 Å². The van der Waals surface area contributed by atoms with Gasteiger partial charge in [0, 0.05) is 25.1 Å². The van der Waals surface area contributed by atoms with E-state index in [9.17, 15) is 9.59 Å². The van der Waals surface area contributed by atoms with E-state index in [1.54, 1.807) is 0 Å². The quantitative estimate of drug-likeness (QED) is 0.481. The third-order valence-electron chi connectivity index (χ3n) is 2.85. The topological polar surface area (TPSA) is 98.2 Å². The predicted molar refractivity (Wildman–Crippen MR) is 75.2 cm³/mol. The average molecular weight is 263 g/mol. The molecule has 0 aliphatic rings. The maximum Gasteiger partial charge on any atom is 0.220 e. The van der Waals surface area contributed by atoms with Gasteiger partial charge >= 0.3 is 0 Å². The summed E-state index contributed by atoms with van der Waals surface area (Å²) in [4.78, 5) is 22.1. The molecule has 0 spiro atoms. The molecular weight excluding hydrogens is 242 g/mol. The van der Waals surface area contributed by atoms with Gasteiger partial charge in [-0.1, -0.05) is 18.2 Å². The van der Waals surface area contributed by atoms with Gasteiger partial charge in [0.1, 0.15) is 0 Å². The van der Waals surface area contributed by atoms with Crippen molar-refractivity contribution in [2.45, 2.75) is 32.1 Å². The number of carbonyl (C=O) groups excluding carboxylic acids is 2. The summed E-state index contributed by atoms with van der Waals surface area (Å²) in [6.45, 7) is 0.580. The van der Waals surface area contributed by atoms with Gasteiger partial charge in [0.2, 0.25) is 11.8 Å². The van der Waals surface area contributed by atoms with E-state index in [2.05, 4.69) is 5.32 Å². The van der Waals surface area contributed by atoms with E-state index >= 15 is 0 Å². The van der Waals surface area contributed by atoms with Crippen molar-refractivity contribution in [3.05, 3.63) is 29.8 Å². The lowest BCUT2D eigenvalue weighted by Gasteiger charge is -2.06. The van der Waals surface area contributed by atoms with Crippen LogP contribution in [0.4, 0.5) is 5.69 Å². The molecule has 104 valence electrons. The molecule has 0 saturated heterocycles. The van der Waals surface area contributed by atoms with Crippen molar-refractivity contribution in [2.75, 3.05) is 12.3 Å². The molecule has 1 aromatic carbocycles. The Morgan fingerprint density at radius 1 is 1.11 bits per heavy atom. The van der Waals surface area contributed by atoms with Gasteiger partial charge in [-0.3, -0.25) is 9.59 Å². The van der Waals surface area contributed by atoms with E-state index in [1.807, 2.05) is 24.3 Å². The lowest BCUT2D eigenvalue weighted by atomic mass is 10.1. The fourth-order valence-electron chi connectivity index (χ4n) is 1.75. The Labute approximate surface area is 113 Å². The molecule has 1 rings (SSSR count). The first-order chi connectivity index (χ1) is 9.09. The van der Waals surface area contributed by atoms with Gasteiger partial charge in [-0.15, -0.1) is 0 Å². The second-order valence-electron chi connectivity index (χ2n) is 4.47. The molecule has 0 heterocycles. The maximum atomic E-state index is 11.6. The maximum absolute atomic E-state index is 11.6. The van der Waals surface area contributed by atoms with E-state index in [1.165, 1.54) is 0 Å². The largest absolute Gasteiger partial charge is 0.399 e. The summed E-state index contributed by atoms with van der Waals surface area (Å²) in [5, 5.41) is 2.81. The smallest absolute Gasteiger partial charge is 0.220 e. The number of rotatable bonds is 8. The molecule has 0 bridgehead atoms. The van der Waals surface area contributed by atoms with Crippen LogP contribution in [0.15, 0.2) is 24.3 Å². The third-order valence-corrected chi connectivity index (χ3v) is 2.85. The first-order valence-electron chi connectivity index (χ1n) is 6.48. The zero-order valence-electron chi connectivity index (χ0n) is 11.0. The van der Waals surface area contributed by atoms with Crippen LogP contribution in [0, 0.1) is 0 Å². The number of hydrogen-bond donors (Lipinski definition) is 3. The number of amides is 2. The fourth-order valence-corrected chi connectivity index (χ4v) is 1.75. The second kappa shape index (κ2) is 8.13. The summed E-state index contributed by atoms with van der Waals surface area (Å²) < 4.78 is 0. The number of nitrogen functional groups attached to an aromatic ring is 1. The van der Waals surface area contributed by atoms with Crippen molar-refractivity contribution >= 4 is 17.5 Å². The van der Waals surface area contributed by atoms with Crippen molar-refractivity contribution in [3.63, 3.8) is 0 Å². The van der Waals surface area contributed by atoms with Crippen molar-refractivity contribution in [3.8, 4) is 0 Å². The summed E-state index contributed by atoms with van der Waals surface area (Å²) >= 11 is 0.